The van der Waals surface area contributed by atoms with Gasteiger partial charge in [-0.2, -0.15) is 0 Å². The van der Waals surface area contributed by atoms with Gasteiger partial charge in [-0.3, -0.25) is 4.79 Å². The molecule has 6 nitrogen and oxygen atoms in total. The number of carbonyl (C=O) groups is 3. The van der Waals surface area contributed by atoms with Crippen LogP contribution in [0.5, 0.6) is 0 Å². The highest BCUT2D eigenvalue weighted by atomic mass is 16.6. The molecule has 1 amide bonds. The van der Waals surface area contributed by atoms with Crippen LogP contribution in [0.1, 0.15) is 52.9 Å². The Labute approximate surface area is 125 Å². The van der Waals surface area contributed by atoms with E-state index in [-0.39, 0.29) is 25.5 Å². The van der Waals surface area contributed by atoms with Gasteiger partial charge < -0.3 is 14.8 Å². The Morgan fingerprint density at radius 2 is 1.71 bits per heavy atom. The molecule has 6 heteroatoms. The second-order valence-electron chi connectivity index (χ2n) is 5.19. The van der Waals surface area contributed by atoms with E-state index in [4.69, 9.17) is 9.47 Å². The van der Waals surface area contributed by atoms with Gasteiger partial charge in [-0.1, -0.05) is 26.2 Å². The third-order valence-corrected chi connectivity index (χ3v) is 3.73. The molecule has 0 aromatic carbocycles. The SMILES string of the molecule is CCCCC[C@@H]1CC(=O)NC1(C(=O)OCC)C(=O)OCC. The van der Waals surface area contributed by atoms with Crippen LogP contribution >= 0.6 is 0 Å². The molecule has 1 saturated heterocycles. The summed E-state index contributed by atoms with van der Waals surface area (Å²) in [7, 11) is 0. The Kier molecular flexibility index (Phi) is 6.65. The molecule has 1 atom stereocenters. The van der Waals surface area contributed by atoms with Crippen molar-refractivity contribution >= 4 is 17.8 Å². The van der Waals surface area contributed by atoms with Crippen LogP contribution in [0.25, 0.3) is 0 Å². The van der Waals surface area contributed by atoms with Crippen molar-refractivity contribution in [3.05, 3.63) is 0 Å². The van der Waals surface area contributed by atoms with Gasteiger partial charge in [0.15, 0.2) is 0 Å². The average Bonchev–Trinajstić information content (AvgIpc) is 2.77. The van der Waals surface area contributed by atoms with Crippen molar-refractivity contribution in [2.24, 2.45) is 5.92 Å². The van der Waals surface area contributed by atoms with Crippen molar-refractivity contribution in [1.29, 1.82) is 0 Å². The number of ether oxygens (including phenoxy) is 2. The van der Waals surface area contributed by atoms with Gasteiger partial charge in [-0.15, -0.1) is 0 Å². The Hall–Kier alpha value is -1.59. The van der Waals surface area contributed by atoms with E-state index in [1.807, 2.05) is 0 Å². The molecule has 1 N–H and O–H groups in total. The van der Waals surface area contributed by atoms with Gasteiger partial charge in [-0.05, 0) is 20.3 Å². The molecule has 0 aromatic heterocycles. The van der Waals surface area contributed by atoms with E-state index in [9.17, 15) is 14.4 Å². The Bertz CT molecular complexity index is 376. The van der Waals surface area contributed by atoms with E-state index >= 15 is 0 Å². The number of nitrogens with one attached hydrogen (secondary N) is 1. The highest BCUT2D eigenvalue weighted by molar-refractivity contribution is 6.10. The van der Waals surface area contributed by atoms with Gasteiger partial charge in [0.25, 0.3) is 0 Å². The lowest BCUT2D eigenvalue weighted by Crippen LogP contribution is -2.60. The Balaban J connectivity index is 3.02. The quantitative estimate of drug-likeness (QED) is 0.418. The topological polar surface area (TPSA) is 81.7 Å². The number of amides is 1. The Morgan fingerprint density at radius 1 is 1.14 bits per heavy atom. The molecule has 0 bridgehead atoms. The van der Waals surface area contributed by atoms with Gasteiger partial charge in [0.1, 0.15) is 0 Å². The summed E-state index contributed by atoms with van der Waals surface area (Å²) in [6, 6.07) is 0. The molecule has 1 heterocycles. The van der Waals surface area contributed by atoms with Gasteiger partial charge in [0.05, 0.1) is 13.2 Å². The van der Waals surface area contributed by atoms with Gasteiger partial charge in [0, 0.05) is 12.3 Å². The van der Waals surface area contributed by atoms with Crippen LogP contribution in [0.4, 0.5) is 0 Å². The molecular weight excluding hydrogens is 274 g/mol. The predicted molar refractivity (Wildman–Crippen MR) is 76.4 cm³/mol. The standard InChI is InChI=1S/C15H25NO5/c1-4-7-8-9-11-10-12(17)16-15(11,13(18)20-5-2)14(19)21-6-3/h11H,4-10H2,1-3H3,(H,16,17)/t11-/m1/s1. The largest absolute Gasteiger partial charge is 0.464 e. The van der Waals surface area contributed by atoms with Crippen LogP contribution in [-0.4, -0.2) is 36.6 Å². The summed E-state index contributed by atoms with van der Waals surface area (Å²) in [5, 5.41) is 2.53. The molecule has 120 valence electrons. The van der Waals surface area contributed by atoms with Gasteiger partial charge in [-0.25, -0.2) is 9.59 Å². The summed E-state index contributed by atoms with van der Waals surface area (Å²) in [6.07, 6.45) is 3.65. The summed E-state index contributed by atoms with van der Waals surface area (Å²) < 4.78 is 10.1. The van der Waals surface area contributed by atoms with E-state index in [1.54, 1.807) is 13.8 Å². The van der Waals surface area contributed by atoms with Crippen molar-refractivity contribution < 1.29 is 23.9 Å². The Morgan fingerprint density at radius 3 is 2.19 bits per heavy atom. The molecule has 0 aromatic rings. The molecule has 21 heavy (non-hydrogen) atoms. The van der Waals surface area contributed by atoms with Crippen LogP contribution in [0.3, 0.4) is 0 Å². The third kappa shape index (κ3) is 3.74. The van der Waals surface area contributed by atoms with E-state index in [0.717, 1.165) is 19.3 Å². The summed E-state index contributed by atoms with van der Waals surface area (Å²) in [5.74, 6) is -2.14. The number of hydrogen-bond donors (Lipinski definition) is 1. The first kappa shape index (κ1) is 17.5. The fourth-order valence-corrected chi connectivity index (χ4v) is 2.72. The van der Waals surface area contributed by atoms with Gasteiger partial charge in [0.2, 0.25) is 11.4 Å². The zero-order chi connectivity index (χ0) is 15.9. The van der Waals surface area contributed by atoms with Crippen molar-refractivity contribution in [3.8, 4) is 0 Å². The molecular formula is C15H25NO5. The minimum absolute atomic E-state index is 0.150. The van der Waals surface area contributed by atoms with Crippen LogP contribution in [-0.2, 0) is 23.9 Å². The van der Waals surface area contributed by atoms with E-state index in [0.29, 0.717) is 6.42 Å². The predicted octanol–water partition coefficient (Wildman–Crippen LogP) is 1.57. The van der Waals surface area contributed by atoms with Crippen molar-refractivity contribution in [1.82, 2.24) is 5.32 Å². The fraction of sp³-hybridized carbons (Fsp3) is 0.800. The van der Waals surface area contributed by atoms with Crippen LogP contribution in [0.15, 0.2) is 0 Å². The summed E-state index contributed by atoms with van der Waals surface area (Å²) in [5.41, 5.74) is -1.67. The zero-order valence-corrected chi connectivity index (χ0v) is 13.1. The summed E-state index contributed by atoms with van der Waals surface area (Å²) >= 11 is 0. The molecule has 0 aliphatic carbocycles. The molecule has 0 unspecified atom stereocenters. The number of esters is 2. The highest BCUT2D eigenvalue weighted by Gasteiger charge is 2.60. The van der Waals surface area contributed by atoms with Crippen molar-refractivity contribution in [3.63, 3.8) is 0 Å². The molecule has 1 aliphatic heterocycles. The second kappa shape index (κ2) is 8.00. The average molecular weight is 299 g/mol. The lowest BCUT2D eigenvalue weighted by atomic mass is 9.81. The van der Waals surface area contributed by atoms with Gasteiger partial charge >= 0.3 is 11.9 Å². The first-order chi connectivity index (χ1) is 10.0. The van der Waals surface area contributed by atoms with E-state index in [2.05, 4.69) is 12.2 Å². The minimum Gasteiger partial charge on any atom is -0.464 e. The maximum atomic E-state index is 12.3. The highest BCUT2D eigenvalue weighted by Crippen LogP contribution is 2.34. The molecule has 0 spiro atoms. The number of hydrogen-bond acceptors (Lipinski definition) is 5. The number of unbranched alkanes of at least 4 members (excludes halogenated alkanes) is 2. The maximum Gasteiger partial charge on any atom is 0.344 e. The van der Waals surface area contributed by atoms with Crippen molar-refractivity contribution in [2.45, 2.75) is 58.4 Å². The third-order valence-electron chi connectivity index (χ3n) is 3.73. The molecule has 0 saturated carbocycles. The number of rotatable bonds is 8. The first-order valence-corrected chi connectivity index (χ1v) is 7.68. The normalized spacial score (nSPS) is 20.0. The van der Waals surface area contributed by atoms with Crippen LogP contribution in [0.2, 0.25) is 0 Å². The molecule has 0 radical (unpaired) electrons. The molecule has 1 aliphatic rings. The zero-order valence-electron chi connectivity index (χ0n) is 13.1. The monoisotopic (exact) mass is 299 g/mol. The molecule has 1 rings (SSSR count). The first-order valence-electron chi connectivity index (χ1n) is 7.68. The maximum absolute atomic E-state index is 12.3. The van der Waals surface area contributed by atoms with Crippen LogP contribution < -0.4 is 5.32 Å². The minimum atomic E-state index is -1.67. The summed E-state index contributed by atoms with van der Waals surface area (Å²) in [4.78, 5) is 36.5. The van der Waals surface area contributed by atoms with Crippen molar-refractivity contribution in [2.75, 3.05) is 13.2 Å². The lowest BCUT2D eigenvalue weighted by Gasteiger charge is -2.30. The smallest absolute Gasteiger partial charge is 0.344 e. The number of carbonyl (C=O) groups excluding carboxylic acids is 3. The molecule has 1 fully saturated rings. The lowest BCUT2D eigenvalue weighted by molar-refractivity contribution is -0.168. The van der Waals surface area contributed by atoms with E-state index < -0.39 is 23.4 Å². The summed E-state index contributed by atoms with van der Waals surface area (Å²) in [6.45, 7) is 5.70. The second-order valence-corrected chi connectivity index (χ2v) is 5.19. The van der Waals surface area contributed by atoms with E-state index in [1.165, 1.54) is 0 Å². The van der Waals surface area contributed by atoms with Crippen LogP contribution in [0, 0.1) is 5.92 Å². The fourth-order valence-electron chi connectivity index (χ4n) is 2.72.